The lowest BCUT2D eigenvalue weighted by atomic mass is 10.2. The highest BCUT2D eigenvalue weighted by Crippen LogP contribution is 2.26. The average molecular weight is 215 g/mol. The molecule has 0 spiro atoms. The Morgan fingerprint density at radius 3 is 2.71 bits per heavy atom. The first-order chi connectivity index (χ1) is 6.67. The molecule has 1 aromatic carbocycles. The van der Waals surface area contributed by atoms with Crippen LogP contribution < -0.4 is 4.74 Å². The van der Waals surface area contributed by atoms with Crippen LogP contribution in [-0.4, -0.2) is 11.2 Å². The molecule has 0 unspecified atom stereocenters. The van der Waals surface area contributed by atoms with Crippen LogP contribution in [0.5, 0.6) is 5.75 Å². The fraction of sp³-hybridized carbons (Fsp3) is 0.455. The van der Waals surface area contributed by atoms with Crippen LogP contribution in [0.1, 0.15) is 25.8 Å². The Kier molecular flexibility index (Phi) is 4.23. The molecule has 1 N–H and O–H groups in total. The second-order valence-electron chi connectivity index (χ2n) is 3.26. The van der Waals surface area contributed by atoms with E-state index >= 15 is 0 Å². The molecule has 0 radical (unpaired) electrons. The fourth-order valence-electron chi connectivity index (χ4n) is 1.04. The Morgan fingerprint density at radius 1 is 1.50 bits per heavy atom. The van der Waals surface area contributed by atoms with Crippen molar-refractivity contribution in [1.29, 1.82) is 0 Å². The van der Waals surface area contributed by atoms with Crippen molar-refractivity contribution in [3.8, 4) is 5.75 Å². The van der Waals surface area contributed by atoms with Crippen molar-refractivity contribution in [2.45, 2.75) is 33.0 Å². The van der Waals surface area contributed by atoms with Crippen LogP contribution in [0.25, 0.3) is 0 Å². The van der Waals surface area contributed by atoms with Gasteiger partial charge in [-0.1, -0.05) is 24.6 Å². The van der Waals surface area contributed by atoms with E-state index in [4.69, 9.17) is 21.4 Å². The van der Waals surface area contributed by atoms with Gasteiger partial charge in [0.15, 0.2) is 0 Å². The molecule has 0 bridgehead atoms. The first-order valence-electron chi connectivity index (χ1n) is 4.73. The zero-order valence-corrected chi connectivity index (χ0v) is 9.21. The molecule has 1 rings (SSSR count). The zero-order chi connectivity index (χ0) is 10.6. The molecule has 1 aromatic rings. The molecule has 1 atom stereocenters. The first-order valence-corrected chi connectivity index (χ1v) is 5.11. The van der Waals surface area contributed by atoms with Gasteiger partial charge in [-0.25, -0.2) is 0 Å². The Labute approximate surface area is 89.5 Å². The number of rotatable bonds is 4. The summed E-state index contributed by atoms with van der Waals surface area (Å²) in [6, 6.07) is 5.32. The minimum absolute atomic E-state index is 0.00330. The SMILES string of the molecule is CC[C@H](C)Oc1ccc(CO)cc1Cl. The van der Waals surface area contributed by atoms with Gasteiger partial charge >= 0.3 is 0 Å². The van der Waals surface area contributed by atoms with Gasteiger partial charge in [-0.05, 0) is 31.0 Å². The van der Waals surface area contributed by atoms with Gasteiger partial charge in [0.05, 0.1) is 17.7 Å². The normalized spacial score (nSPS) is 12.6. The molecule has 2 nitrogen and oxygen atoms in total. The molecule has 78 valence electrons. The van der Waals surface area contributed by atoms with E-state index in [1.165, 1.54) is 0 Å². The third-order valence-corrected chi connectivity index (χ3v) is 2.38. The highest BCUT2D eigenvalue weighted by Gasteiger charge is 2.05. The summed E-state index contributed by atoms with van der Waals surface area (Å²) in [6.07, 6.45) is 1.10. The molecule has 0 saturated heterocycles. The van der Waals surface area contributed by atoms with E-state index in [9.17, 15) is 0 Å². The third-order valence-electron chi connectivity index (χ3n) is 2.08. The minimum atomic E-state index is 0.00330. The minimum Gasteiger partial charge on any atom is -0.489 e. The van der Waals surface area contributed by atoms with Crippen LogP contribution in [-0.2, 0) is 6.61 Å². The second kappa shape index (κ2) is 5.23. The first kappa shape index (κ1) is 11.3. The van der Waals surface area contributed by atoms with Crippen LogP contribution >= 0.6 is 11.6 Å². The summed E-state index contributed by atoms with van der Waals surface area (Å²) in [4.78, 5) is 0. The molecule has 0 aliphatic carbocycles. The van der Waals surface area contributed by atoms with Gasteiger partial charge in [0.25, 0.3) is 0 Å². The third kappa shape index (κ3) is 2.89. The van der Waals surface area contributed by atoms with Crippen molar-refractivity contribution >= 4 is 11.6 Å². The van der Waals surface area contributed by atoms with Gasteiger partial charge in [-0.2, -0.15) is 0 Å². The van der Waals surface area contributed by atoms with Crippen LogP contribution in [0.2, 0.25) is 5.02 Å². The summed E-state index contributed by atoms with van der Waals surface area (Å²) >= 11 is 5.97. The van der Waals surface area contributed by atoms with E-state index in [0.29, 0.717) is 10.8 Å². The number of aliphatic hydroxyl groups excluding tert-OH is 1. The molecule has 0 aromatic heterocycles. The van der Waals surface area contributed by atoms with Gasteiger partial charge in [-0.15, -0.1) is 0 Å². The summed E-state index contributed by atoms with van der Waals surface area (Å²) in [5.74, 6) is 0.679. The summed E-state index contributed by atoms with van der Waals surface area (Å²) in [7, 11) is 0. The quantitative estimate of drug-likeness (QED) is 0.835. The topological polar surface area (TPSA) is 29.5 Å². The molecule has 0 aliphatic rings. The van der Waals surface area contributed by atoms with Crippen molar-refractivity contribution in [2.24, 2.45) is 0 Å². The van der Waals surface area contributed by atoms with Crippen molar-refractivity contribution in [1.82, 2.24) is 0 Å². The van der Waals surface area contributed by atoms with Crippen LogP contribution in [0.4, 0.5) is 0 Å². The Hall–Kier alpha value is -0.730. The number of aliphatic hydroxyl groups is 1. The van der Waals surface area contributed by atoms with E-state index in [1.54, 1.807) is 12.1 Å². The molecule has 0 amide bonds. The predicted molar refractivity (Wildman–Crippen MR) is 57.8 cm³/mol. The van der Waals surface area contributed by atoms with Gasteiger partial charge in [0.2, 0.25) is 0 Å². The summed E-state index contributed by atoms with van der Waals surface area (Å²) < 4.78 is 5.58. The fourth-order valence-corrected chi connectivity index (χ4v) is 1.29. The molecule has 14 heavy (non-hydrogen) atoms. The number of halogens is 1. The molecule has 3 heteroatoms. The van der Waals surface area contributed by atoms with Crippen molar-refractivity contribution in [3.05, 3.63) is 28.8 Å². The monoisotopic (exact) mass is 214 g/mol. The molecule has 0 fully saturated rings. The van der Waals surface area contributed by atoms with E-state index in [1.807, 2.05) is 13.0 Å². The van der Waals surface area contributed by atoms with E-state index in [0.717, 1.165) is 12.0 Å². The summed E-state index contributed by atoms with van der Waals surface area (Å²) in [5, 5.41) is 9.43. The maximum absolute atomic E-state index is 8.88. The number of hydrogen-bond acceptors (Lipinski definition) is 2. The molecule has 0 aliphatic heterocycles. The van der Waals surface area contributed by atoms with Crippen LogP contribution in [0.3, 0.4) is 0 Å². The van der Waals surface area contributed by atoms with Gasteiger partial charge in [0, 0.05) is 0 Å². The summed E-state index contributed by atoms with van der Waals surface area (Å²) in [5.41, 5.74) is 0.798. The number of benzene rings is 1. The van der Waals surface area contributed by atoms with Crippen LogP contribution in [0.15, 0.2) is 18.2 Å². The van der Waals surface area contributed by atoms with Crippen molar-refractivity contribution in [3.63, 3.8) is 0 Å². The van der Waals surface area contributed by atoms with Crippen LogP contribution in [0, 0.1) is 0 Å². The Balaban J connectivity index is 2.78. The van der Waals surface area contributed by atoms with Gasteiger partial charge < -0.3 is 9.84 Å². The summed E-state index contributed by atoms with van der Waals surface area (Å²) in [6.45, 7) is 4.06. The maximum Gasteiger partial charge on any atom is 0.138 e. The smallest absolute Gasteiger partial charge is 0.138 e. The molecular weight excluding hydrogens is 200 g/mol. The van der Waals surface area contributed by atoms with Crippen molar-refractivity contribution < 1.29 is 9.84 Å². The highest BCUT2D eigenvalue weighted by atomic mass is 35.5. The Bertz CT molecular complexity index is 299. The average Bonchev–Trinajstić information content (AvgIpc) is 2.20. The van der Waals surface area contributed by atoms with Crippen molar-refractivity contribution in [2.75, 3.05) is 0 Å². The molecular formula is C11H15ClO2. The maximum atomic E-state index is 8.88. The zero-order valence-electron chi connectivity index (χ0n) is 8.46. The lowest BCUT2D eigenvalue weighted by Gasteiger charge is -2.14. The predicted octanol–water partition coefficient (Wildman–Crippen LogP) is 3.01. The van der Waals surface area contributed by atoms with E-state index < -0.39 is 0 Å². The molecule has 0 heterocycles. The van der Waals surface area contributed by atoms with E-state index in [2.05, 4.69) is 6.92 Å². The standard InChI is InChI=1S/C11H15ClO2/c1-3-8(2)14-11-5-4-9(7-13)6-10(11)12/h4-6,8,13H,3,7H2,1-2H3/t8-/m0/s1. The van der Waals surface area contributed by atoms with E-state index in [-0.39, 0.29) is 12.7 Å². The van der Waals surface area contributed by atoms with Gasteiger partial charge in [-0.3, -0.25) is 0 Å². The molecule has 0 saturated carbocycles. The number of ether oxygens (including phenoxy) is 1. The largest absolute Gasteiger partial charge is 0.489 e. The highest BCUT2D eigenvalue weighted by molar-refractivity contribution is 6.32. The second-order valence-corrected chi connectivity index (χ2v) is 3.67. The lowest BCUT2D eigenvalue weighted by Crippen LogP contribution is -2.09. The van der Waals surface area contributed by atoms with Gasteiger partial charge in [0.1, 0.15) is 5.75 Å². The lowest BCUT2D eigenvalue weighted by molar-refractivity contribution is 0.217. The Morgan fingerprint density at radius 2 is 2.21 bits per heavy atom. The number of hydrogen-bond donors (Lipinski definition) is 1.